The van der Waals surface area contributed by atoms with Gasteiger partial charge in [0.05, 0.1) is 49.2 Å². The number of hydrogen-bond acceptors (Lipinski definition) is 6. The van der Waals surface area contributed by atoms with Crippen molar-refractivity contribution >= 4 is 21.9 Å². The number of rotatable bonds is 8. The van der Waals surface area contributed by atoms with Gasteiger partial charge >= 0.3 is 0 Å². The summed E-state index contributed by atoms with van der Waals surface area (Å²) in [6.45, 7) is 11.7. The van der Waals surface area contributed by atoms with Crippen LogP contribution < -0.4 is 0 Å². The van der Waals surface area contributed by atoms with Gasteiger partial charge in [-0.2, -0.15) is 0 Å². The molecule has 0 bridgehead atoms. The Hall–Kier alpha value is -3.27. The van der Waals surface area contributed by atoms with Crippen molar-refractivity contribution < 1.29 is 32.1 Å². The van der Waals surface area contributed by atoms with Crippen molar-refractivity contribution in [1.82, 2.24) is 4.90 Å². The van der Waals surface area contributed by atoms with E-state index in [2.05, 4.69) is 20.2 Å². The molecule has 0 aromatic heterocycles. The smallest absolute Gasteiger partial charge is 0.261 e. The van der Waals surface area contributed by atoms with Crippen LogP contribution in [-0.2, 0) is 10.1 Å². The molecule has 0 unspecified atom stereocenters. The molecule has 1 heterocycles. The van der Waals surface area contributed by atoms with E-state index in [0.717, 1.165) is 19.2 Å². The second-order valence-corrected chi connectivity index (χ2v) is 9.35. The summed E-state index contributed by atoms with van der Waals surface area (Å²) < 4.78 is 32.3. The lowest BCUT2D eigenvalue weighted by Crippen LogP contribution is -2.49. The van der Waals surface area contributed by atoms with Gasteiger partial charge in [0.2, 0.25) is 0 Å². The molecular weight excluding hydrogens is 444 g/mol. The SMILES string of the molecule is C=CC[N+](C)(CC=C)CCN1C(=O)c2ccccc2C1=O.Cc1ccc(O)cc1S(=O)(=O)[O-]. The van der Waals surface area contributed by atoms with Crippen molar-refractivity contribution in [1.29, 1.82) is 0 Å². The van der Waals surface area contributed by atoms with Gasteiger partial charge in [0.25, 0.3) is 11.8 Å². The number of nitrogens with zero attached hydrogens (tertiary/aromatic N) is 2. The number of fused-ring (bicyclic) bond motifs is 1. The number of imide groups is 1. The van der Waals surface area contributed by atoms with Crippen molar-refractivity contribution in [2.75, 3.05) is 33.2 Å². The monoisotopic (exact) mass is 472 g/mol. The first kappa shape index (κ1) is 26.0. The van der Waals surface area contributed by atoms with Crippen molar-refractivity contribution in [3.05, 3.63) is 84.5 Å². The number of phenols is 1. The summed E-state index contributed by atoms with van der Waals surface area (Å²) in [6, 6.07) is 10.6. The molecule has 2 aromatic rings. The van der Waals surface area contributed by atoms with Gasteiger partial charge in [-0.05, 0) is 48.9 Å². The summed E-state index contributed by atoms with van der Waals surface area (Å²) >= 11 is 0. The summed E-state index contributed by atoms with van der Waals surface area (Å²) in [5.74, 6) is -0.617. The lowest BCUT2D eigenvalue weighted by molar-refractivity contribution is -0.897. The van der Waals surface area contributed by atoms with Gasteiger partial charge in [-0.15, -0.1) is 0 Å². The fraction of sp³-hybridized carbons (Fsp3) is 0.250. The largest absolute Gasteiger partial charge is 0.744 e. The van der Waals surface area contributed by atoms with Gasteiger partial charge < -0.3 is 14.1 Å². The van der Waals surface area contributed by atoms with E-state index in [1.807, 2.05) is 12.2 Å². The molecule has 3 rings (SSSR count). The number of aromatic hydroxyl groups is 1. The molecule has 0 saturated heterocycles. The fourth-order valence-corrected chi connectivity index (χ4v) is 4.25. The second-order valence-electron chi connectivity index (χ2n) is 8.00. The molecule has 33 heavy (non-hydrogen) atoms. The van der Waals surface area contributed by atoms with E-state index < -0.39 is 10.1 Å². The number of phenolic OH excluding ortho intramolecular Hbond substituents is 1. The Balaban J connectivity index is 0.000000273. The van der Waals surface area contributed by atoms with E-state index >= 15 is 0 Å². The molecule has 0 spiro atoms. The van der Waals surface area contributed by atoms with Crippen LogP contribution in [0.25, 0.3) is 0 Å². The Morgan fingerprint density at radius 1 is 1.03 bits per heavy atom. The molecule has 2 aromatic carbocycles. The third-order valence-corrected chi connectivity index (χ3v) is 6.30. The third kappa shape index (κ3) is 6.38. The van der Waals surface area contributed by atoms with Crippen molar-refractivity contribution in [3.63, 3.8) is 0 Å². The molecule has 2 amide bonds. The lowest BCUT2D eigenvalue weighted by atomic mass is 10.1. The first-order valence-electron chi connectivity index (χ1n) is 10.2. The fourth-order valence-electron chi connectivity index (χ4n) is 3.52. The number of hydrogen-bond donors (Lipinski definition) is 1. The summed E-state index contributed by atoms with van der Waals surface area (Å²) in [7, 11) is -2.40. The number of likely N-dealkylation sites (N-methyl/N-ethyl adjacent to an activating group) is 1. The van der Waals surface area contributed by atoms with Gasteiger partial charge in [-0.3, -0.25) is 14.5 Å². The average Bonchev–Trinajstić information content (AvgIpc) is 2.99. The lowest BCUT2D eigenvalue weighted by Gasteiger charge is -2.33. The number of aryl methyl sites for hydroxylation is 1. The zero-order chi connectivity index (χ0) is 24.8. The minimum Gasteiger partial charge on any atom is -0.744 e. The number of benzene rings is 2. The highest BCUT2D eigenvalue weighted by atomic mass is 32.2. The van der Waals surface area contributed by atoms with Gasteiger partial charge in [-0.25, -0.2) is 8.42 Å². The maximum Gasteiger partial charge on any atom is 0.261 e. The van der Waals surface area contributed by atoms with Gasteiger partial charge in [0.1, 0.15) is 15.9 Å². The molecule has 1 N–H and O–H groups in total. The highest BCUT2D eigenvalue weighted by molar-refractivity contribution is 7.85. The summed E-state index contributed by atoms with van der Waals surface area (Å²) in [6.07, 6.45) is 3.71. The topological polar surface area (TPSA) is 115 Å². The molecule has 176 valence electrons. The van der Waals surface area contributed by atoms with Gasteiger partial charge in [0, 0.05) is 0 Å². The first-order valence-corrected chi connectivity index (χ1v) is 11.6. The van der Waals surface area contributed by atoms with Crippen LogP contribution in [0, 0.1) is 6.92 Å². The molecule has 9 heteroatoms. The van der Waals surface area contributed by atoms with E-state index in [9.17, 15) is 22.6 Å². The van der Waals surface area contributed by atoms with Crippen molar-refractivity contribution in [3.8, 4) is 5.75 Å². The molecule has 0 saturated carbocycles. The van der Waals surface area contributed by atoms with E-state index in [1.165, 1.54) is 24.0 Å². The second kappa shape index (κ2) is 10.6. The Labute approximate surface area is 194 Å². The van der Waals surface area contributed by atoms with Crippen LogP contribution in [0.1, 0.15) is 26.3 Å². The summed E-state index contributed by atoms with van der Waals surface area (Å²) in [5, 5.41) is 8.90. The van der Waals surface area contributed by atoms with Gasteiger partial charge in [0.15, 0.2) is 0 Å². The van der Waals surface area contributed by atoms with E-state index in [-0.39, 0.29) is 22.5 Å². The molecule has 1 aliphatic heterocycles. The number of carbonyl (C=O) groups excluding carboxylic acids is 2. The number of amides is 2. The van der Waals surface area contributed by atoms with Crippen LogP contribution in [0.15, 0.2) is 72.7 Å². The number of carbonyl (C=O) groups is 2. The normalized spacial score (nSPS) is 13.2. The minimum atomic E-state index is -4.47. The van der Waals surface area contributed by atoms with Crippen molar-refractivity contribution in [2.45, 2.75) is 11.8 Å². The maximum absolute atomic E-state index is 12.3. The summed E-state index contributed by atoms with van der Waals surface area (Å²) in [4.78, 5) is 25.6. The zero-order valence-electron chi connectivity index (χ0n) is 18.7. The Morgan fingerprint density at radius 3 is 1.97 bits per heavy atom. The van der Waals surface area contributed by atoms with E-state index in [0.29, 0.717) is 34.3 Å². The highest BCUT2D eigenvalue weighted by Gasteiger charge is 2.36. The van der Waals surface area contributed by atoms with Crippen LogP contribution in [0.5, 0.6) is 5.75 Å². The Kier molecular flexibility index (Phi) is 8.32. The molecule has 1 aliphatic rings. The quantitative estimate of drug-likeness (QED) is 0.273. The molecule has 0 aliphatic carbocycles. The van der Waals surface area contributed by atoms with E-state index in [1.54, 1.807) is 24.3 Å². The van der Waals surface area contributed by atoms with E-state index in [4.69, 9.17) is 5.11 Å². The molecule has 0 fully saturated rings. The third-order valence-electron chi connectivity index (χ3n) is 5.32. The molecule has 8 nitrogen and oxygen atoms in total. The van der Waals surface area contributed by atoms with Crippen LogP contribution in [0.2, 0.25) is 0 Å². The van der Waals surface area contributed by atoms with Crippen LogP contribution >= 0.6 is 0 Å². The first-order chi connectivity index (χ1) is 15.4. The van der Waals surface area contributed by atoms with Crippen molar-refractivity contribution in [2.24, 2.45) is 0 Å². The standard InChI is InChI=1S/C17H21N2O2.C7H8O4S/c1-4-11-19(3,12-5-2)13-10-18-16(20)14-8-6-7-9-15(14)17(18)21;1-5-2-3-6(8)4-7(5)12(9,10)11/h4-9H,1-2,10-13H2,3H3;2-4,8H,1H3,(H,9,10,11)/q+1;/p-1. The summed E-state index contributed by atoms with van der Waals surface area (Å²) in [5.41, 5.74) is 1.34. The molecule has 0 radical (unpaired) electrons. The average molecular weight is 473 g/mol. The number of quaternary nitrogens is 1. The maximum atomic E-state index is 12.3. The predicted molar refractivity (Wildman–Crippen MR) is 124 cm³/mol. The highest BCUT2D eigenvalue weighted by Crippen LogP contribution is 2.22. The Morgan fingerprint density at radius 2 is 1.55 bits per heavy atom. The Bertz CT molecular complexity index is 1130. The predicted octanol–water partition coefficient (Wildman–Crippen LogP) is 2.71. The van der Waals surface area contributed by atoms with Crippen LogP contribution in [0.3, 0.4) is 0 Å². The van der Waals surface area contributed by atoms with Gasteiger partial charge in [-0.1, -0.05) is 31.4 Å². The van der Waals surface area contributed by atoms with Crippen LogP contribution in [-0.4, -0.2) is 72.5 Å². The molecular formula is C24H28N2O6S. The minimum absolute atomic E-state index is 0.195. The molecule has 0 atom stereocenters. The van der Waals surface area contributed by atoms with Crippen LogP contribution in [0.4, 0.5) is 0 Å². The zero-order valence-corrected chi connectivity index (χ0v) is 19.5.